The second-order valence-corrected chi connectivity index (χ2v) is 14.5. The van der Waals surface area contributed by atoms with Gasteiger partial charge in [0, 0.05) is 17.3 Å². The lowest BCUT2D eigenvalue weighted by atomic mass is 9.33. The molecule has 4 fully saturated rings. The lowest BCUT2D eigenvalue weighted by Crippen LogP contribution is -2.65. The Hall–Kier alpha value is -1.16. The van der Waals surface area contributed by atoms with Crippen molar-refractivity contribution >= 4 is 11.8 Å². The van der Waals surface area contributed by atoms with Gasteiger partial charge in [-0.25, -0.2) is 0 Å². The third kappa shape index (κ3) is 2.75. The summed E-state index contributed by atoms with van der Waals surface area (Å²) in [5.41, 5.74) is 1.24. The number of aliphatic carboxylic acids is 1. The first-order valence-corrected chi connectivity index (χ1v) is 13.8. The van der Waals surface area contributed by atoms with Crippen LogP contribution in [-0.4, -0.2) is 28.1 Å². The van der Waals surface area contributed by atoms with Gasteiger partial charge in [0.1, 0.15) is 5.78 Å². The lowest BCUT2D eigenvalue weighted by molar-refractivity contribution is -0.194. The number of allylic oxidation sites excluding steroid dienone is 2. The van der Waals surface area contributed by atoms with E-state index in [0.717, 1.165) is 38.5 Å². The molecule has 0 unspecified atom stereocenters. The summed E-state index contributed by atoms with van der Waals surface area (Å²) in [6.07, 6.45) is 9.26. The number of rotatable bonds is 1. The summed E-state index contributed by atoms with van der Waals surface area (Å²) in [6.45, 7) is 16.2. The minimum absolute atomic E-state index is 0.00798. The van der Waals surface area contributed by atoms with Gasteiger partial charge < -0.3 is 10.2 Å². The van der Waals surface area contributed by atoms with E-state index in [0.29, 0.717) is 30.5 Å². The normalized spacial score (nSPS) is 54.1. The molecule has 190 valence electrons. The highest BCUT2D eigenvalue weighted by molar-refractivity contribution is 5.85. The Balaban J connectivity index is 1.60. The molecule has 5 aliphatic rings. The molecule has 4 saturated carbocycles. The van der Waals surface area contributed by atoms with E-state index in [1.165, 1.54) is 5.57 Å². The zero-order valence-electron chi connectivity index (χ0n) is 22.4. The van der Waals surface area contributed by atoms with Crippen LogP contribution in [0.15, 0.2) is 11.6 Å². The summed E-state index contributed by atoms with van der Waals surface area (Å²) in [7, 11) is 0. The molecule has 0 radical (unpaired) electrons. The van der Waals surface area contributed by atoms with E-state index >= 15 is 0 Å². The van der Waals surface area contributed by atoms with E-state index in [4.69, 9.17) is 0 Å². The molecule has 0 bridgehead atoms. The van der Waals surface area contributed by atoms with Crippen LogP contribution < -0.4 is 0 Å². The largest absolute Gasteiger partial charge is 0.481 e. The Morgan fingerprint density at radius 3 is 2.29 bits per heavy atom. The highest BCUT2D eigenvalue weighted by Gasteiger charge is 2.69. The van der Waals surface area contributed by atoms with Gasteiger partial charge in [0.25, 0.3) is 0 Å². The van der Waals surface area contributed by atoms with E-state index in [-0.39, 0.29) is 38.9 Å². The van der Waals surface area contributed by atoms with Gasteiger partial charge in [0.15, 0.2) is 0 Å². The molecule has 0 saturated heterocycles. The van der Waals surface area contributed by atoms with Crippen molar-refractivity contribution in [2.75, 3.05) is 0 Å². The van der Waals surface area contributed by atoms with Gasteiger partial charge in [-0.05, 0) is 84.9 Å². The smallest absolute Gasteiger partial charge is 0.306 e. The molecule has 5 aliphatic carbocycles. The van der Waals surface area contributed by atoms with Crippen LogP contribution in [0.25, 0.3) is 0 Å². The van der Waals surface area contributed by atoms with Gasteiger partial charge in [-0.1, -0.05) is 60.1 Å². The van der Waals surface area contributed by atoms with Gasteiger partial charge in [-0.15, -0.1) is 0 Å². The van der Waals surface area contributed by atoms with Crippen molar-refractivity contribution in [2.24, 2.45) is 56.7 Å². The predicted octanol–water partition coefficient (Wildman–Crippen LogP) is 6.27. The molecule has 34 heavy (non-hydrogen) atoms. The average molecular weight is 471 g/mol. The monoisotopic (exact) mass is 470 g/mol. The van der Waals surface area contributed by atoms with Crippen LogP contribution in [0.1, 0.15) is 99.8 Å². The maximum absolute atomic E-state index is 12.9. The van der Waals surface area contributed by atoms with Crippen LogP contribution in [0.2, 0.25) is 0 Å². The van der Waals surface area contributed by atoms with Crippen LogP contribution >= 0.6 is 0 Å². The Kier molecular flexibility index (Phi) is 5.20. The van der Waals surface area contributed by atoms with Crippen molar-refractivity contribution in [1.29, 1.82) is 0 Å². The first kappa shape index (κ1) is 24.5. The minimum Gasteiger partial charge on any atom is -0.481 e. The topological polar surface area (TPSA) is 74.6 Å². The second kappa shape index (κ2) is 7.20. The number of hydrogen-bond donors (Lipinski definition) is 2. The fourth-order valence-corrected chi connectivity index (χ4v) is 10.8. The van der Waals surface area contributed by atoms with E-state index in [9.17, 15) is 19.8 Å². The van der Waals surface area contributed by atoms with Gasteiger partial charge >= 0.3 is 5.97 Å². The molecule has 0 aromatic heterocycles. The molecule has 0 aromatic carbocycles. The molecular weight excluding hydrogens is 424 g/mol. The number of fused-ring (bicyclic) bond motifs is 7. The summed E-state index contributed by atoms with van der Waals surface area (Å²) < 4.78 is 0. The van der Waals surface area contributed by atoms with E-state index in [1.807, 2.05) is 0 Å². The standard InChI is InChI=1S/C30H46O4/c1-17-18(25(33)34)16-23(32)28(5)14-15-29(6)19(24(17)28)8-9-21-27(4)12-11-22(31)26(2,3)20(27)10-13-30(21,29)7/h8,17-18,20-21,23-24,32H,9-16H2,1-7H3,(H,33,34)/t17-,18+,20-,21+,23+,24-,27-,28-,29+,30+/m0/s1. The first-order chi connectivity index (χ1) is 15.6. The summed E-state index contributed by atoms with van der Waals surface area (Å²) in [5, 5.41) is 21.2. The Morgan fingerprint density at radius 1 is 0.971 bits per heavy atom. The first-order valence-electron chi connectivity index (χ1n) is 13.8. The van der Waals surface area contributed by atoms with E-state index in [2.05, 4.69) is 54.5 Å². The molecule has 10 atom stereocenters. The summed E-state index contributed by atoms with van der Waals surface area (Å²) >= 11 is 0. The van der Waals surface area contributed by atoms with E-state index in [1.54, 1.807) is 0 Å². The number of Topliss-reactive ketones (excluding diaryl/α,β-unsaturated/α-hetero) is 1. The highest BCUT2D eigenvalue weighted by atomic mass is 16.4. The maximum atomic E-state index is 12.9. The highest BCUT2D eigenvalue weighted by Crippen LogP contribution is 2.75. The fraction of sp³-hybridized carbons (Fsp3) is 0.867. The van der Waals surface area contributed by atoms with Crippen molar-refractivity contribution in [2.45, 2.75) is 106 Å². The van der Waals surface area contributed by atoms with Crippen molar-refractivity contribution in [3.8, 4) is 0 Å². The van der Waals surface area contributed by atoms with E-state index < -0.39 is 18.0 Å². The van der Waals surface area contributed by atoms with Gasteiger partial charge in [-0.3, -0.25) is 9.59 Å². The third-order valence-corrected chi connectivity index (χ3v) is 13.2. The second-order valence-electron chi connectivity index (χ2n) is 14.5. The number of hydrogen-bond acceptors (Lipinski definition) is 3. The summed E-state index contributed by atoms with van der Waals surface area (Å²) in [6, 6.07) is 0. The number of aliphatic hydroxyl groups excluding tert-OH is 1. The van der Waals surface area contributed by atoms with Crippen LogP contribution in [0.5, 0.6) is 0 Å². The van der Waals surface area contributed by atoms with Crippen LogP contribution in [0.3, 0.4) is 0 Å². The van der Waals surface area contributed by atoms with Crippen LogP contribution in [0, 0.1) is 56.7 Å². The van der Waals surface area contributed by atoms with Gasteiger partial charge in [0.05, 0.1) is 12.0 Å². The summed E-state index contributed by atoms with van der Waals surface area (Å²) in [5.74, 6) is 0.291. The van der Waals surface area contributed by atoms with Gasteiger partial charge in [-0.2, -0.15) is 0 Å². The lowest BCUT2D eigenvalue weighted by Gasteiger charge is -2.71. The Labute approximate surface area is 206 Å². The molecule has 0 heterocycles. The molecule has 4 nitrogen and oxygen atoms in total. The van der Waals surface area contributed by atoms with Crippen molar-refractivity contribution < 1.29 is 19.8 Å². The van der Waals surface area contributed by atoms with Gasteiger partial charge in [0.2, 0.25) is 0 Å². The zero-order valence-corrected chi connectivity index (χ0v) is 22.4. The molecule has 0 aliphatic heterocycles. The Bertz CT molecular complexity index is 949. The average Bonchev–Trinajstić information content (AvgIpc) is 2.74. The fourth-order valence-electron chi connectivity index (χ4n) is 10.8. The van der Waals surface area contributed by atoms with Crippen LogP contribution in [-0.2, 0) is 9.59 Å². The molecule has 2 N–H and O–H groups in total. The number of carbonyl (C=O) groups excluding carboxylic acids is 1. The number of carboxylic acids is 1. The quantitative estimate of drug-likeness (QED) is 0.443. The minimum atomic E-state index is -0.761. The number of aliphatic hydroxyl groups is 1. The predicted molar refractivity (Wildman–Crippen MR) is 133 cm³/mol. The molecule has 4 heteroatoms. The SMILES string of the molecule is C[C@@H]1[C@H]2C3=CC[C@@H]4[C@@]5(C)CCC(=O)C(C)(C)[C@@H]5CC[C@@]4(C)[C@]3(C)CC[C@@]2(C)[C@H](O)C[C@H]1C(=O)O. The molecule has 0 spiro atoms. The zero-order chi connectivity index (χ0) is 25.1. The summed E-state index contributed by atoms with van der Waals surface area (Å²) in [4.78, 5) is 25.1. The molecule has 0 amide bonds. The molecular formula is C30H46O4. The third-order valence-electron chi connectivity index (χ3n) is 13.2. The number of ketones is 1. The molecule has 0 aromatic rings. The van der Waals surface area contributed by atoms with Crippen molar-refractivity contribution in [3.63, 3.8) is 0 Å². The number of carbonyl (C=O) groups is 2. The number of carboxylic acid groups (broad SMARTS) is 1. The van der Waals surface area contributed by atoms with Crippen LogP contribution in [0.4, 0.5) is 0 Å². The molecule has 5 rings (SSSR count). The van der Waals surface area contributed by atoms with Crippen molar-refractivity contribution in [3.05, 3.63) is 11.6 Å². The maximum Gasteiger partial charge on any atom is 0.306 e. The van der Waals surface area contributed by atoms with Crippen molar-refractivity contribution in [1.82, 2.24) is 0 Å². The Morgan fingerprint density at radius 2 is 1.65 bits per heavy atom.